The van der Waals surface area contributed by atoms with E-state index < -0.39 is 10.0 Å². The minimum Gasteiger partial charge on any atom is -0.439 e. The molecule has 0 amide bonds. The van der Waals surface area contributed by atoms with Gasteiger partial charge in [-0.3, -0.25) is 0 Å². The predicted molar refractivity (Wildman–Crippen MR) is 80.8 cm³/mol. The highest BCUT2D eigenvalue weighted by Crippen LogP contribution is 2.27. The second kappa shape index (κ2) is 5.46. The van der Waals surface area contributed by atoms with E-state index in [9.17, 15) is 8.42 Å². The van der Waals surface area contributed by atoms with Crippen LogP contribution in [0.3, 0.4) is 0 Å². The number of ether oxygens (including phenoxy) is 1. The molecule has 0 saturated heterocycles. The molecule has 0 unspecified atom stereocenters. The van der Waals surface area contributed by atoms with Crippen LogP contribution in [0.2, 0.25) is 0 Å². The van der Waals surface area contributed by atoms with Gasteiger partial charge in [-0.1, -0.05) is 32.9 Å². The summed E-state index contributed by atoms with van der Waals surface area (Å²) < 4.78 is 27.9. The van der Waals surface area contributed by atoms with Gasteiger partial charge in [0.05, 0.1) is 6.20 Å². The molecule has 0 fully saturated rings. The van der Waals surface area contributed by atoms with Crippen LogP contribution >= 0.6 is 0 Å². The lowest BCUT2D eigenvalue weighted by molar-refractivity contribution is 0.458. The van der Waals surface area contributed by atoms with Gasteiger partial charge in [0.15, 0.2) is 0 Å². The molecule has 1 aromatic carbocycles. The number of benzene rings is 1. The maximum atomic E-state index is 11.2. The fraction of sp³-hybridized carbons (Fsp3) is 0.267. The summed E-state index contributed by atoms with van der Waals surface area (Å²) in [4.78, 5) is 3.91. The van der Waals surface area contributed by atoms with Crippen molar-refractivity contribution in [3.63, 3.8) is 0 Å². The quantitative estimate of drug-likeness (QED) is 0.945. The second-order valence-electron chi connectivity index (χ2n) is 5.76. The third-order valence-corrected chi connectivity index (χ3v) is 3.86. The Morgan fingerprint density at radius 1 is 1.14 bits per heavy atom. The SMILES string of the molecule is CC(C)(C)c1cccc(Oc2ccc(S(N)(=O)=O)cn2)c1. The van der Waals surface area contributed by atoms with Gasteiger partial charge in [0.2, 0.25) is 15.9 Å². The summed E-state index contributed by atoms with van der Waals surface area (Å²) in [5.74, 6) is 0.965. The topological polar surface area (TPSA) is 82.3 Å². The van der Waals surface area contributed by atoms with E-state index in [1.165, 1.54) is 18.3 Å². The number of aromatic nitrogens is 1. The summed E-state index contributed by atoms with van der Waals surface area (Å²) in [6.45, 7) is 6.35. The third-order valence-electron chi connectivity index (χ3n) is 2.96. The average Bonchev–Trinajstić information content (AvgIpc) is 2.37. The van der Waals surface area contributed by atoms with Gasteiger partial charge in [0, 0.05) is 6.07 Å². The van der Waals surface area contributed by atoms with E-state index >= 15 is 0 Å². The number of nitrogens with zero attached hydrogens (tertiary/aromatic N) is 1. The van der Waals surface area contributed by atoms with E-state index in [-0.39, 0.29) is 10.3 Å². The molecule has 0 radical (unpaired) electrons. The minimum atomic E-state index is -3.74. The van der Waals surface area contributed by atoms with Crippen molar-refractivity contribution in [2.45, 2.75) is 31.1 Å². The third kappa shape index (κ3) is 4.03. The molecule has 0 aliphatic rings. The average molecular weight is 306 g/mol. The van der Waals surface area contributed by atoms with Crippen molar-refractivity contribution in [1.82, 2.24) is 4.98 Å². The van der Waals surface area contributed by atoms with Gasteiger partial charge in [0.1, 0.15) is 10.6 Å². The van der Waals surface area contributed by atoms with Crippen LogP contribution in [0.1, 0.15) is 26.3 Å². The van der Waals surface area contributed by atoms with E-state index in [0.29, 0.717) is 11.6 Å². The first-order chi connectivity index (χ1) is 9.66. The number of sulfonamides is 1. The van der Waals surface area contributed by atoms with Gasteiger partial charge in [-0.15, -0.1) is 0 Å². The Morgan fingerprint density at radius 2 is 1.86 bits per heavy atom. The van der Waals surface area contributed by atoms with E-state index in [0.717, 1.165) is 5.56 Å². The molecule has 1 aromatic heterocycles. The molecule has 6 heteroatoms. The fourth-order valence-corrected chi connectivity index (χ4v) is 2.20. The molecule has 5 nitrogen and oxygen atoms in total. The number of hydrogen-bond donors (Lipinski definition) is 1. The van der Waals surface area contributed by atoms with Crippen LogP contribution in [0.25, 0.3) is 0 Å². The van der Waals surface area contributed by atoms with E-state index in [1.807, 2.05) is 24.3 Å². The Morgan fingerprint density at radius 3 is 2.38 bits per heavy atom. The lowest BCUT2D eigenvalue weighted by atomic mass is 9.87. The first kappa shape index (κ1) is 15.5. The summed E-state index contributed by atoms with van der Waals surface area (Å²) in [6.07, 6.45) is 1.18. The van der Waals surface area contributed by atoms with Crippen molar-refractivity contribution in [2.75, 3.05) is 0 Å². The van der Waals surface area contributed by atoms with Crippen LogP contribution in [0, 0.1) is 0 Å². The van der Waals surface area contributed by atoms with Crippen LogP contribution in [0.15, 0.2) is 47.5 Å². The molecule has 2 aromatic rings. The zero-order valence-corrected chi connectivity index (χ0v) is 13.0. The highest BCUT2D eigenvalue weighted by molar-refractivity contribution is 7.89. The molecular formula is C15H18N2O3S. The van der Waals surface area contributed by atoms with Crippen molar-refractivity contribution in [3.8, 4) is 11.6 Å². The molecule has 21 heavy (non-hydrogen) atoms. The van der Waals surface area contributed by atoms with Gasteiger partial charge in [-0.05, 0) is 29.2 Å². The summed E-state index contributed by atoms with van der Waals surface area (Å²) in [6, 6.07) is 10.5. The molecule has 1 heterocycles. The van der Waals surface area contributed by atoms with Gasteiger partial charge < -0.3 is 4.74 Å². The molecule has 112 valence electrons. The van der Waals surface area contributed by atoms with Gasteiger partial charge in [0.25, 0.3) is 0 Å². The van der Waals surface area contributed by atoms with Crippen LogP contribution in [0.5, 0.6) is 11.6 Å². The van der Waals surface area contributed by atoms with Crippen LogP contribution in [0.4, 0.5) is 0 Å². The monoisotopic (exact) mass is 306 g/mol. The van der Waals surface area contributed by atoms with Gasteiger partial charge >= 0.3 is 0 Å². The van der Waals surface area contributed by atoms with Crippen LogP contribution < -0.4 is 9.88 Å². The van der Waals surface area contributed by atoms with Crippen molar-refractivity contribution in [2.24, 2.45) is 5.14 Å². The highest BCUT2D eigenvalue weighted by atomic mass is 32.2. The molecule has 0 aliphatic heterocycles. The Hall–Kier alpha value is -1.92. The molecule has 0 aliphatic carbocycles. The first-order valence-corrected chi connectivity index (χ1v) is 7.98. The molecule has 0 atom stereocenters. The smallest absolute Gasteiger partial charge is 0.239 e. The fourth-order valence-electron chi connectivity index (χ4n) is 1.74. The Labute approximate surface area is 124 Å². The van der Waals surface area contributed by atoms with E-state index in [1.54, 1.807) is 0 Å². The standard InChI is InChI=1S/C15H18N2O3S/c1-15(2,3)11-5-4-6-12(9-11)20-14-8-7-13(10-17-14)21(16,18)19/h4-10H,1-3H3,(H2,16,18,19). The summed E-state index contributed by atoms with van der Waals surface area (Å²) in [5, 5.41) is 5.02. The summed E-state index contributed by atoms with van der Waals surface area (Å²) in [5.41, 5.74) is 1.16. The zero-order chi connectivity index (χ0) is 15.7. The summed E-state index contributed by atoms with van der Waals surface area (Å²) in [7, 11) is -3.74. The second-order valence-corrected chi connectivity index (χ2v) is 7.32. The number of hydrogen-bond acceptors (Lipinski definition) is 4. The Balaban J connectivity index is 2.23. The zero-order valence-electron chi connectivity index (χ0n) is 12.2. The van der Waals surface area contributed by atoms with Crippen LogP contribution in [-0.4, -0.2) is 13.4 Å². The molecule has 0 saturated carbocycles. The molecule has 0 bridgehead atoms. The molecular weight excluding hydrogens is 288 g/mol. The maximum absolute atomic E-state index is 11.2. The first-order valence-electron chi connectivity index (χ1n) is 6.43. The predicted octanol–water partition coefficient (Wildman–Crippen LogP) is 2.82. The largest absolute Gasteiger partial charge is 0.439 e. The molecule has 2 rings (SSSR count). The number of nitrogens with two attached hydrogens (primary N) is 1. The van der Waals surface area contributed by atoms with Crippen molar-refractivity contribution >= 4 is 10.0 Å². The lowest BCUT2D eigenvalue weighted by Crippen LogP contribution is -2.12. The number of primary sulfonamides is 1. The molecule has 2 N–H and O–H groups in total. The maximum Gasteiger partial charge on any atom is 0.239 e. The molecule has 0 spiro atoms. The summed E-state index contributed by atoms with van der Waals surface area (Å²) >= 11 is 0. The lowest BCUT2D eigenvalue weighted by Gasteiger charge is -2.19. The van der Waals surface area contributed by atoms with Crippen molar-refractivity contribution in [1.29, 1.82) is 0 Å². The van der Waals surface area contributed by atoms with E-state index in [2.05, 4.69) is 25.8 Å². The van der Waals surface area contributed by atoms with E-state index in [4.69, 9.17) is 9.88 Å². The Bertz CT molecular complexity index is 732. The van der Waals surface area contributed by atoms with Crippen LogP contribution in [-0.2, 0) is 15.4 Å². The normalized spacial score (nSPS) is 12.2. The van der Waals surface area contributed by atoms with Gasteiger partial charge in [-0.25, -0.2) is 18.5 Å². The van der Waals surface area contributed by atoms with Crippen molar-refractivity contribution < 1.29 is 13.2 Å². The minimum absolute atomic E-state index is 0.0181. The number of pyridine rings is 1. The highest BCUT2D eigenvalue weighted by Gasteiger charge is 2.14. The van der Waals surface area contributed by atoms with Gasteiger partial charge in [-0.2, -0.15) is 0 Å². The van der Waals surface area contributed by atoms with Crippen molar-refractivity contribution in [3.05, 3.63) is 48.2 Å². The Kier molecular flexibility index (Phi) is 4.02. The number of rotatable bonds is 3.